The lowest BCUT2D eigenvalue weighted by atomic mass is 10.2. The van der Waals surface area contributed by atoms with Crippen LogP contribution in [0.25, 0.3) is 0 Å². The number of amides is 1. The molecule has 2 rings (SSSR count). The minimum absolute atomic E-state index is 0.0106. The van der Waals surface area contributed by atoms with Gasteiger partial charge in [-0.25, -0.2) is 0 Å². The van der Waals surface area contributed by atoms with Gasteiger partial charge in [0.1, 0.15) is 0 Å². The zero-order valence-corrected chi connectivity index (χ0v) is 12.5. The molecular formula is C13H15N3OS2. The van der Waals surface area contributed by atoms with Crippen LogP contribution in [0, 0.1) is 13.8 Å². The Balaban J connectivity index is 1.77. The smallest absolute Gasteiger partial charge is 0.234 e. The first kappa shape index (κ1) is 14.0. The number of benzene rings is 1. The molecule has 0 spiro atoms. The molecule has 0 fully saturated rings. The minimum Gasteiger partial charge on any atom is -0.325 e. The average molecular weight is 293 g/mol. The van der Waals surface area contributed by atoms with E-state index in [0.717, 1.165) is 28.4 Å². The van der Waals surface area contributed by atoms with E-state index >= 15 is 0 Å². The molecule has 1 amide bonds. The maximum atomic E-state index is 11.8. The van der Waals surface area contributed by atoms with Gasteiger partial charge in [0.2, 0.25) is 5.91 Å². The van der Waals surface area contributed by atoms with Crippen molar-refractivity contribution in [2.75, 3.05) is 11.1 Å². The number of carbonyl (C=O) groups excluding carboxylic acids is 1. The normalized spacial score (nSPS) is 10.4. The van der Waals surface area contributed by atoms with Crippen LogP contribution in [0.3, 0.4) is 0 Å². The topological polar surface area (TPSA) is 54.9 Å². The summed E-state index contributed by atoms with van der Waals surface area (Å²) in [7, 11) is 0. The zero-order valence-electron chi connectivity index (χ0n) is 10.8. The van der Waals surface area contributed by atoms with Crippen LogP contribution in [0.5, 0.6) is 0 Å². The summed E-state index contributed by atoms with van der Waals surface area (Å²) in [5, 5.41) is 2.88. The van der Waals surface area contributed by atoms with Gasteiger partial charge in [0.15, 0.2) is 0 Å². The predicted octanol–water partition coefficient (Wildman–Crippen LogP) is 3.03. The van der Waals surface area contributed by atoms with Gasteiger partial charge in [-0.15, -0.1) is 11.8 Å². The van der Waals surface area contributed by atoms with E-state index in [-0.39, 0.29) is 5.91 Å². The molecule has 6 heteroatoms. The van der Waals surface area contributed by atoms with Crippen molar-refractivity contribution in [3.63, 3.8) is 0 Å². The lowest BCUT2D eigenvalue weighted by Crippen LogP contribution is -2.14. The van der Waals surface area contributed by atoms with E-state index in [1.807, 2.05) is 38.1 Å². The SMILES string of the molecule is Cc1cccc(NC(=O)CSCc2nsnc2C)c1. The van der Waals surface area contributed by atoms with Gasteiger partial charge < -0.3 is 5.32 Å². The molecule has 0 radical (unpaired) electrons. The van der Waals surface area contributed by atoms with Crippen molar-refractivity contribution < 1.29 is 4.79 Å². The highest BCUT2D eigenvalue weighted by molar-refractivity contribution is 7.99. The van der Waals surface area contributed by atoms with Crippen molar-refractivity contribution in [2.45, 2.75) is 19.6 Å². The maximum Gasteiger partial charge on any atom is 0.234 e. The van der Waals surface area contributed by atoms with E-state index in [1.54, 1.807) is 11.8 Å². The molecule has 19 heavy (non-hydrogen) atoms. The summed E-state index contributed by atoms with van der Waals surface area (Å²) in [6.07, 6.45) is 0. The first-order valence-corrected chi connectivity index (χ1v) is 7.76. The Hall–Kier alpha value is -1.40. The zero-order chi connectivity index (χ0) is 13.7. The quantitative estimate of drug-likeness (QED) is 0.920. The summed E-state index contributed by atoms with van der Waals surface area (Å²) in [5.41, 5.74) is 3.90. The second kappa shape index (κ2) is 6.68. The van der Waals surface area contributed by atoms with Crippen LogP contribution in [0.15, 0.2) is 24.3 Å². The molecule has 1 heterocycles. The number of aromatic nitrogens is 2. The van der Waals surface area contributed by atoms with Crippen LogP contribution in [0.1, 0.15) is 17.0 Å². The fourth-order valence-electron chi connectivity index (χ4n) is 1.54. The molecule has 1 aromatic heterocycles. The Kier molecular flexibility index (Phi) is 4.93. The van der Waals surface area contributed by atoms with E-state index in [0.29, 0.717) is 5.75 Å². The Morgan fingerprint density at radius 2 is 2.21 bits per heavy atom. The van der Waals surface area contributed by atoms with Crippen LogP contribution >= 0.6 is 23.5 Å². The Morgan fingerprint density at radius 1 is 1.37 bits per heavy atom. The summed E-state index contributed by atoms with van der Waals surface area (Å²) >= 11 is 2.76. The number of nitrogens with zero attached hydrogens (tertiary/aromatic N) is 2. The molecule has 0 aliphatic carbocycles. The van der Waals surface area contributed by atoms with Crippen LogP contribution in [0.2, 0.25) is 0 Å². The third-order valence-electron chi connectivity index (χ3n) is 2.52. The third kappa shape index (κ3) is 4.33. The third-order valence-corrected chi connectivity index (χ3v) is 4.12. The Bertz CT molecular complexity index is 569. The summed E-state index contributed by atoms with van der Waals surface area (Å²) in [4.78, 5) is 11.8. The van der Waals surface area contributed by atoms with Crippen LogP contribution in [-0.2, 0) is 10.5 Å². The van der Waals surface area contributed by atoms with Crippen LogP contribution in [0.4, 0.5) is 5.69 Å². The Labute approximate surface area is 121 Å². The summed E-state index contributed by atoms with van der Waals surface area (Å²) in [6, 6.07) is 7.78. The van der Waals surface area contributed by atoms with Crippen molar-refractivity contribution in [2.24, 2.45) is 0 Å². The molecule has 0 aliphatic rings. The number of hydrogen-bond acceptors (Lipinski definition) is 5. The van der Waals surface area contributed by atoms with E-state index in [1.165, 1.54) is 11.7 Å². The van der Waals surface area contributed by atoms with Crippen molar-refractivity contribution in [3.8, 4) is 0 Å². The Morgan fingerprint density at radius 3 is 2.89 bits per heavy atom. The number of aryl methyl sites for hydroxylation is 2. The highest BCUT2D eigenvalue weighted by Gasteiger charge is 2.06. The van der Waals surface area contributed by atoms with E-state index in [2.05, 4.69) is 14.1 Å². The molecule has 0 saturated heterocycles. The van der Waals surface area contributed by atoms with E-state index in [9.17, 15) is 4.79 Å². The van der Waals surface area contributed by atoms with Crippen molar-refractivity contribution in [3.05, 3.63) is 41.2 Å². The fraction of sp³-hybridized carbons (Fsp3) is 0.308. The van der Waals surface area contributed by atoms with Gasteiger partial charge in [-0.1, -0.05) is 12.1 Å². The van der Waals surface area contributed by atoms with Crippen LogP contribution < -0.4 is 5.32 Å². The largest absolute Gasteiger partial charge is 0.325 e. The number of thioether (sulfide) groups is 1. The highest BCUT2D eigenvalue weighted by atomic mass is 32.2. The monoisotopic (exact) mass is 293 g/mol. The van der Waals surface area contributed by atoms with Gasteiger partial charge in [-0.2, -0.15) is 8.75 Å². The minimum atomic E-state index is 0.0106. The van der Waals surface area contributed by atoms with Crippen molar-refractivity contribution in [1.82, 2.24) is 8.75 Å². The standard InChI is InChI=1S/C13H15N3OS2/c1-9-4-3-5-11(6-9)14-13(17)8-18-7-12-10(2)15-19-16-12/h3-6H,7-8H2,1-2H3,(H,14,17). The molecule has 100 valence electrons. The molecule has 0 saturated carbocycles. The molecule has 0 atom stereocenters. The molecule has 0 unspecified atom stereocenters. The number of anilines is 1. The molecule has 0 aliphatic heterocycles. The molecule has 1 aromatic carbocycles. The van der Waals surface area contributed by atoms with Crippen molar-refractivity contribution in [1.29, 1.82) is 0 Å². The number of nitrogens with one attached hydrogen (secondary N) is 1. The van der Waals surface area contributed by atoms with Gasteiger partial charge in [-0.3, -0.25) is 4.79 Å². The lowest BCUT2D eigenvalue weighted by molar-refractivity contribution is -0.113. The maximum absolute atomic E-state index is 11.8. The number of carbonyl (C=O) groups is 1. The van der Waals surface area contributed by atoms with Gasteiger partial charge in [0.25, 0.3) is 0 Å². The first-order chi connectivity index (χ1) is 9.15. The molecular weight excluding hydrogens is 278 g/mol. The molecule has 4 nitrogen and oxygen atoms in total. The predicted molar refractivity (Wildman–Crippen MR) is 80.6 cm³/mol. The molecule has 0 bridgehead atoms. The van der Waals surface area contributed by atoms with Gasteiger partial charge >= 0.3 is 0 Å². The van der Waals surface area contributed by atoms with Crippen LogP contribution in [-0.4, -0.2) is 20.4 Å². The van der Waals surface area contributed by atoms with Crippen molar-refractivity contribution >= 4 is 35.1 Å². The number of hydrogen-bond donors (Lipinski definition) is 1. The van der Waals surface area contributed by atoms with E-state index in [4.69, 9.17) is 0 Å². The highest BCUT2D eigenvalue weighted by Crippen LogP contribution is 2.15. The lowest BCUT2D eigenvalue weighted by Gasteiger charge is -2.05. The summed E-state index contributed by atoms with van der Waals surface area (Å²) < 4.78 is 8.29. The van der Waals surface area contributed by atoms with E-state index < -0.39 is 0 Å². The molecule has 2 aromatic rings. The average Bonchev–Trinajstić information content (AvgIpc) is 2.75. The van der Waals surface area contributed by atoms with Gasteiger partial charge in [0.05, 0.1) is 28.9 Å². The number of rotatable bonds is 5. The van der Waals surface area contributed by atoms with Gasteiger partial charge in [-0.05, 0) is 31.5 Å². The fourth-order valence-corrected chi connectivity index (χ4v) is 3.01. The summed E-state index contributed by atoms with van der Waals surface area (Å²) in [5.74, 6) is 1.16. The second-order valence-corrected chi connectivity index (χ2v) is 5.72. The second-order valence-electron chi connectivity index (χ2n) is 4.21. The molecule has 1 N–H and O–H groups in total. The summed E-state index contributed by atoms with van der Waals surface area (Å²) in [6.45, 7) is 3.94. The first-order valence-electron chi connectivity index (χ1n) is 5.87. The van der Waals surface area contributed by atoms with Gasteiger partial charge in [0, 0.05) is 11.4 Å².